The number of anilines is 1. The second kappa shape index (κ2) is 8.22. The normalized spacial score (nSPS) is 25.2. The van der Waals surface area contributed by atoms with E-state index in [0.29, 0.717) is 18.8 Å². The number of nitrogens with zero attached hydrogens (tertiary/aromatic N) is 5. The number of benzene rings is 1. The summed E-state index contributed by atoms with van der Waals surface area (Å²) in [6, 6.07) is 10.5. The summed E-state index contributed by atoms with van der Waals surface area (Å²) >= 11 is 0. The lowest BCUT2D eigenvalue weighted by molar-refractivity contribution is -0.125. The van der Waals surface area contributed by atoms with Crippen LogP contribution in [0.2, 0.25) is 0 Å². The number of fused-ring (bicyclic) bond motifs is 1. The lowest BCUT2D eigenvalue weighted by Crippen LogP contribution is -2.44. The van der Waals surface area contributed by atoms with Gasteiger partial charge in [0.05, 0.1) is 29.0 Å². The number of imidazole rings is 1. The molecule has 0 bridgehead atoms. The van der Waals surface area contributed by atoms with Gasteiger partial charge in [-0.2, -0.15) is 0 Å². The summed E-state index contributed by atoms with van der Waals surface area (Å²) in [6.07, 6.45) is 5.34. The minimum atomic E-state index is -0.0713. The van der Waals surface area contributed by atoms with Gasteiger partial charge in [-0.3, -0.25) is 14.7 Å². The maximum absolute atomic E-state index is 12.9. The molecule has 0 spiro atoms. The van der Waals surface area contributed by atoms with Crippen LogP contribution in [0, 0.1) is 0 Å². The number of nitrogens with one attached hydrogen (secondary N) is 1. The highest BCUT2D eigenvalue weighted by atomic mass is 16.1. The fraction of sp³-hybridized carbons (Fsp3) is 0.500. The predicted molar refractivity (Wildman–Crippen MR) is 130 cm³/mol. The molecule has 3 aromatic rings. The topological polar surface area (TPSA) is 68.4 Å². The Kier molecular flexibility index (Phi) is 5.18. The minimum absolute atomic E-state index is 0.00151. The molecule has 3 aliphatic rings. The van der Waals surface area contributed by atoms with Gasteiger partial charge in [-0.05, 0) is 56.6 Å². The van der Waals surface area contributed by atoms with Crippen molar-refractivity contribution in [2.75, 3.05) is 45.2 Å². The molecule has 1 aliphatic carbocycles. The smallest absolute Gasteiger partial charge is 0.136 e. The molecule has 2 aromatic heterocycles. The first-order chi connectivity index (χ1) is 16.1. The van der Waals surface area contributed by atoms with Gasteiger partial charge in [0.15, 0.2) is 0 Å². The van der Waals surface area contributed by atoms with Crippen molar-refractivity contribution in [3.63, 3.8) is 0 Å². The van der Waals surface area contributed by atoms with Gasteiger partial charge >= 0.3 is 0 Å². The largest absolute Gasteiger partial charge is 0.367 e. The SMILES string of the molecule is CN1CCN(c2cccc3[nH]c(C4CC(=O)CC(c5ncccc5C5CC5)N4C)nc23)CC1. The molecule has 2 unspecified atom stereocenters. The molecule has 6 rings (SSSR count). The van der Waals surface area contributed by atoms with Gasteiger partial charge in [-0.15, -0.1) is 0 Å². The van der Waals surface area contributed by atoms with E-state index >= 15 is 0 Å². The molecule has 1 aromatic carbocycles. The lowest BCUT2D eigenvalue weighted by Gasteiger charge is -2.38. The van der Waals surface area contributed by atoms with E-state index in [2.05, 4.69) is 58.0 Å². The lowest BCUT2D eigenvalue weighted by atomic mass is 9.90. The van der Waals surface area contributed by atoms with Crippen LogP contribution in [-0.4, -0.2) is 70.8 Å². The van der Waals surface area contributed by atoms with E-state index < -0.39 is 0 Å². The second-order valence-corrected chi connectivity index (χ2v) is 9.98. The van der Waals surface area contributed by atoms with Crippen molar-refractivity contribution >= 4 is 22.5 Å². The Labute approximate surface area is 194 Å². The predicted octanol–water partition coefficient (Wildman–Crippen LogP) is 3.66. The fourth-order valence-electron chi connectivity index (χ4n) is 5.54. The van der Waals surface area contributed by atoms with Crippen LogP contribution >= 0.6 is 0 Å². The number of pyridine rings is 1. The first-order valence-corrected chi connectivity index (χ1v) is 12.2. The van der Waals surface area contributed by atoms with Crippen molar-refractivity contribution in [3.8, 4) is 0 Å². The summed E-state index contributed by atoms with van der Waals surface area (Å²) in [5.41, 5.74) is 5.64. The van der Waals surface area contributed by atoms with Crippen molar-refractivity contribution in [2.24, 2.45) is 0 Å². The van der Waals surface area contributed by atoms with E-state index in [0.717, 1.165) is 48.7 Å². The number of hydrogen-bond acceptors (Lipinski definition) is 6. The zero-order chi connectivity index (χ0) is 22.5. The molecule has 33 heavy (non-hydrogen) atoms. The van der Waals surface area contributed by atoms with Crippen LogP contribution in [0.4, 0.5) is 5.69 Å². The maximum Gasteiger partial charge on any atom is 0.136 e. The second-order valence-electron chi connectivity index (χ2n) is 9.98. The molecule has 1 N–H and O–H groups in total. The zero-order valence-corrected chi connectivity index (χ0v) is 19.5. The highest BCUT2D eigenvalue weighted by Crippen LogP contribution is 2.46. The number of carbonyl (C=O) groups excluding carboxylic acids is 1. The van der Waals surface area contributed by atoms with Gasteiger partial charge in [-0.25, -0.2) is 4.98 Å². The molecule has 0 amide bonds. The molecule has 2 aliphatic heterocycles. The van der Waals surface area contributed by atoms with Gasteiger partial charge in [-0.1, -0.05) is 12.1 Å². The third-order valence-electron chi connectivity index (χ3n) is 7.70. The highest BCUT2D eigenvalue weighted by Gasteiger charge is 2.39. The maximum atomic E-state index is 12.9. The van der Waals surface area contributed by atoms with E-state index in [1.807, 2.05) is 12.3 Å². The minimum Gasteiger partial charge on any atom is -0.367 e. The number of carbonyl (C=O) groups is 1. The van der Waals surface area contributed by atoms with Gasteiger partial charge in [0, 0.05) is 45.2 Å². The highest BCUT2D eigenvalue weighted by molar-refractivity contribution is 5.89. The number of para-hydroxylation sites is 1. The molecule has 7 heteroatoms. The molecule has 0 radical (unpaired) electrons. The summed E-state index contributed by atoms with van der Waals surface area (Å²) in [4.78, 5) is 33.5. The van der Waals surface area contributed by atoms with E-state index in [9.17, 15) is 4.79 Å². The van der Waals surface area contributed by atoms with Crippen LogP contribution in [0.1, 0.15) is 60.8 Å². The molecule has 4 heterocycles. The number of piperidine rings is 1. The van der Waals surface area contributed by atoms with Gasteiger partial charge in [0.2, 0.25) is 0 Å². The molecule has 2 saturated heterocycles. The average molecular weight is 445 g/mol. The standard InChI is InChI=1S/C26H32N6O/c1-30-11-13-32(14-12-30)21-7-3-6-20-25(21)29-26(28-20)23-16-18(33)15-22(31(23)2)24-19(17-8-9-17)5-4-10-27-24/h3-7,10,17,22-23H,8-9,11-16H2,1-2H3,(H,28,29). The number of likely N-dealkylation sites (tertiary alicyclic amines) is 1. The van der Waals surface area contributed by atoms with Gasteiger partial charge < -0.3 is 14.8 Å². The van der Waals surface area contributed by atoms with E-state index in [-0.39, 0.29) is 17.9 Å². The van der Waals surface area contributed by atoms with Crippen LogP contribution in [-0.2, 0) is 4.79 Å². The molecule has 1 saturated carbocycles. The number of Topliss-reactive ketones (excluding diaryl/α,β-unsaturated/α-hetero) is 1. The monoisotopic (exact) mass is 444 g/mol. The first kappa shape index (κ1) is 20.8. The van der Waals surface area contributed by atoms with Crippen molar-refractivity contribution in [3.05, 3.63) is 53.6 Å². The number of aromatic amines is 1. The average Bonchev–Trinajstić information content (AvgIpc) is 3.58. The fourth-order valence-corrected chi connectivity index (χ4v) is 5.54. The van der Waals surface area contributed by atoms with E-state index in [4.69, 9.17) is 9.97 Å². The molecule has 7 nitrogen and oxygen atoms in total. The Bertz CT molecular complexity index is 1180. The summed E-state index contributed by atoms with van der Waals surface area (Å²) in [7, 11) is 4.30. The number of hydrogen-bond donors (Lipinski definition) is 1. The Morgan fingerprint density at radius 3 is 2.55 bits per heavy atom. The number of ketones is 1. The van der Waals surface area contributed by atoms with Gasteiger partial charge in [0.25, 0.3) is 0 Å². The van der Waals surface area contributed by atoms with Crippen molar-refractivity contribution < 1.29 is 4.79 Å². The Hall–Kier alpha value is -2.77. The number of likely N-dealkylation sites (N-methyl/N-ethyl adjacent to an activating group) is 1. The number of piperazine rings is 1. The van der Waals surface area contributed by atoms with Crippen LogP contribution in [0.5, 0.6) is 0 Å². The van der Waals surface area contributed by atoms with Crippen LogP contribution < -0.4 is 4.90 Å². The third-order valence-corrected chi connectivity index (χ3v) is 7.70. The quantitative estimate of drug-likeness (QED) is 0.662. The Morgan fingerprint density at radius 2 is 1.76 bits per heavy atom. The molecular formula is C26H32N6O. The van der Waals surface area contributed by atoms with Crippen LogP contribution in [0.3, 0.4) is 0 Å². The Balaban J connectivity index is 1.34. The number of rotatable bonds is 4. The van der Waals surface area contributed by atoms with Crippen LogP contribution in [0.25, 0.3) is 11.0 Å². The van der Waals surface area contributed by atoms with E-state index in [1.54, 1.807) is 0 Å². The van der Waals surface area contributed by atoms with E-state index in [1.165, 1.54) is 24.1 Å². The van der Waals surface area contributed by atoms with Crippen molar-refractivity contribution in [2.45, 2.75) is 43.7 Å². The molecular weight excluding hydrogens is 412 g/mol. The summed E-state index contributed by atoms with van der Waals surface area (Å²) in [5.74, 6) is 1.78. The Morgan fingerprint density at radius 1 is 0.970 bits per heavy atom. The third kappa shape index (κ3) is 3.83. The molecule has 172 valence electrons. The summed E-state index contributed by atoms with van der Waals surface area (Å²) in [6.45, 7) is 4.13. The van der Waals surface area contributed by atoms with Crippen molar-refractivity contribution in [1.82, 2.24) is 24.8 Å². The van der Waals surface area contributed by atoms with Crippen LogP contribution in [0.15, 0.2) is 36.5 Å². The zero-order valence-electron chi connectivity index (χ0n) is 19.5. The molecule has 2 atom stereocenters. The number of H-pyrrole nitrogens is 1. The molecule has 3 fully saturated rings. The van der Waals surface area contributed by atoms with Gasteiger partial charge in [0.1, 0.15) is 17.1 Å². The first-order valence-electron chi connectivity index (χ1n) is 12.2. The summed E-state index contributed by atoms with van der Waals surface area (Å²) < 4.78 is 0. The summed E-state index contributed by atoms with van der Waals surface area (Å²) in [5, 5.41) is 0. The number of aromatic nitrogens is 3. The van der Waals surface area contributed by atoms with Crippen molar-refractivity contribution in [1.29, 1.82) is 0 Å².